The third-order valence-electron chi connectivity index (χ3n) is 6.00. The highest BCUT2D eigenvalue weighted by Crippen LogP contribution is 2.48. The van der Waals surface area contributed by atoms with Crippen LogP contribution in [0.25, 0.3) is 11.6 Å². The second-order valence-electron chi connectivity index (χ2n) is 7.96. The van der Waals surface area contributed by atoms with Crippen molar-refractivity contribution >= 4 is 5.91 Å². The number of ether oxygens (including phenoxy) is 1. The summed E-state index contributed by atoms with van der Waals surface area (Å²) in [7, 11) is 1.91. The molecule has 0 bridgehead atoms. The van der Waals surface area contributed by atoms with Gasteiger partial charge in [0.05, 0.1) is 18.8 Å². The van der Waals surface area contributed by atoms with Crippen molar-refractivity contribution in [2.75, 3.05) is 13.2 Å². The summed E-state index contributed by atoms with van der Waals surface area (Å²) in [5.74, 6) is 1.72. The lowest BCUT2D eigenvalue weighted by molar-refractivity contribution is -0.137. The molecule has 5 rings (SSSR count). The molecule has 2 aliphatic heterocycles. The van der Waals surface area contributed by atoms with Crippen LogP contribution in [0, 0.1) is 5.41 Å². The molecule has 8 nitrogen and oxygen atoms in total. The first-order valence-corrected chi connectivity index (χ1v) is 9.31. The number of aromatic nitrogens is 4. The molecular weight excluding hydrogens is 334 g/mol. The number of aryl methyl sites for hydroxylation is 1. The van der Waals surface area contributed by atoms with Crippen molar-refractivity contribution in [2.45, 2.75) is 51.6 Å². The zero-order valence-corrected chi connectivity index (χ0v) is 15.2. The molecule has 0 atom stereocenters. The Kier molecular flexibility index (Phi) is 3.47. The molecule has 0 aromatic carbocycles. The molecular formula is C18H23N5O3. The fraction of sp³-hybridized carbons (Fsp3) is 0.667. The molecule has 3 aliphatic rings. The Morgan fingerprint density at radius 1 is 1.23 bits per heavy atom. The van der Waals surface area contributed by atoms with Gasteiger partial charge in [0.2, 0.25) is 5.91 Å². The van der Waals surface area contributed by atoms with E-state index >= 15 is 0 Å². The average Bonchev–Trinajstić information content (AvgIpc) is 3.06. The van der Waals surface area contributed by atoms with Crippen LogP contribution in [0.5, 0.6) is 0 Å². The summed E-state index contributed by atoms with van der Waals surface area (Å²) in [6, 6.07) is 0. The van der Waals surface area contributed by atoms with Gasteiger partial charge in [-0.1, -0.05) is 12.1 Å². The van der Waals surface area contributed by atoms with Crippen LogP contribution in [-0.4, -0.2) is 43.9 Å². The lowest BCUT2D eigenvalue weighted by Crippen LogP contribution is -2.32. The van der Waals surface area contributed by atoms with E-state index in [0.29, 0.717) is 24.7 Å². The zero-order valence-electron chi connectivity index (χ0n) is 15.2. The largest absolute Gasteiger partial charge is 0.381 e. The van der Waals surface area contributed by atoms with Gasteiger partial charge in [-0.05, 0) is 25.7 Å². The lowest BCUT2D eigenvalue weighted by Gasteiger charge is -2.20. The molecule has 2 aromatic rings. The number of rotatable bonds is 3. The summed E-state index contributed by atoms with van der Waals surface area (Å²) < 4.78 is 12.8. The van der Waals surface area contributed by atoms with E-state index in [-0.39, 0.29) is 17.2 Å². The molecule has 8 heteroatoms. The van der Waals surface area contributed by atoms with Crippen LogP contribution in [0.15, 0.2) is 4.52 Å². The number of hydrogen-bond donors (Lipinski definition) is 0. The quantitative estimate of drug-likeness (QED) is 0.835. The summed E-state index contributed by atoms with van der Waals surface area (Å²) in [5.41, 5.74) is 2.65. The van der Waals surface area contributed by atoms with Gasteiger partial charge in [0.25, 0.3) is 5.89 Å². The summed E-state index contributed by atoms with van der Waals surface area (Å²) >= 11 is 0. The highest BCUT2D eigenvalue weighted by molar-refractivity contribution is 5.85. The van der Waals surface area contributed by atoms with E-state index in [9.17, 15) is 4.79 Å². The topological polar surface area (TPSA) is 86.3 Å². The zero-order chi connectivity index (χ0) is 17.9. The van der Waals surface area contributed by atoms with Crippen molar-refractivity contribution in [3.05, 3.63) is 17.1 Å². The van der Waals surface area contributed by atoms with Crippen molar-refractivity contribution in [2.24, 2.45) is 12.5 Å². The summed E-state index contributed by atoms with van der Waals surface area (Å²) in [4.78, 5) is 19.2. The van der Waals surface area contributed by atoms with E-state index in [4.69, 9.17) is 9.26 Å². The lowest BCUT2D eigenvalue weighted by atomic mass is 10.00. The molecule has 1 saturated carbocycles. The number of amides is 1. The number of nitrogens with zero attached hydrogens (tertiary/aromatic N) is 5. The van der Waals surface area contributed by atoms with Gasteiger partial charge in [0.1, 0.15) is 0 Å². The third-order valence-corrected chi connectivity index (χ3v) is 6.00. The number of hydrogen-bond acceptors (Lipinski definition) is 6. The van der Waals surface area contributed by atoms with Gasteiger partial charge in [-0.15, -0.1) is 0 Å². The molecule has 1 amide bonds. The van der Waals surface area contributed by atoms with Crippen molar-refractivity contribution in [1.82, 2.24) is 24.8 Å². The Morgan fingerprint density at radius 2 is 2.00 bits per heavy atom. The Balaban J connectivity index is 1.41. The minimum atomic E-state index is -0.156. The van der Waals surface area contributed by atoms with Gasteiger partial charge in [0.15, 0.2) is 11.5 Å². The van der Waals surface area contributed by atoms with E-state index in [2.05, 4.69) is 22.2 Å². The highest BCUT2D eigenvalue weighted by Gasteiger charge is 2.48. The molecule has 0 N–H and O–H groups in total. The highest BCUT2D eigenvalue weighted by atomic mass is 16.5. The SMILES string of the molecule is Cn1nc(-c2nc(C3CCOCC3)no2)c2c1CN(C(=O)C1(C)CC1)C2. The molecule has 138 valence electrons. The Hall–Kier alpha value is -2.22. The molecule has 0 unspecified atom stereocenters. The van der Waals surface area contributed by atoms with Crippen molar-refractivity contribution in [3.8, 4) is 11.6 Å². The maximum atomic E-state index is 12.7. The summed E-state index contributed by atoms with van der Waals surface area (Å²) in [6.45, 7) is 4.71. The first-order chi connectivity index (χ1) is 12.5. The molecule has 2 aromatic heterocycles. The second-order valence-corrected chi connectivity index (χ2v) is 7.96. The first kappa shape index (κ1) is 16.0. The van der Waals surface area contributed by atoms with E-state index < -0.39 is 0 Å². The van der Waals surface area contributed by atoms with Crippen LogP contribution < -0.4 is 0 Å². The van der Waals surface area contributed by atoms with Crippen LogP contribution in [0.4, 0.5) is 0 Å². The standard InChI is InChI=1S/C18H23N5O3/c1-18(5-6-18)17(24)23-9-12-13(10-23)22(2)20-14(12)16-19-15(21-26-16)11-3-7-25-8-4-11/h11H,3-10H2,1-2H3. The van der Waals surface area contributed by atoms with Crippen LogP contribution in [0.3, 0.4) is 0 Å². The molecule has 1 aliphatic carbocycles. The third kappa shape index (κ3) is 2.46. The van der Waals surface area contributed by atoms with E-state index in [1.807, 2.05) is 16.6 Å². The van der Waals surface area contributed by atoms with Gasteiger partial charge < -0.3 is 14.2 Å². The number of carbonyl (C=O) groups excluding carboxylic acids is 1. The van der Waals surface area contributed by atoms with Crippen molar-refractivity contribution in [1.29, 1.82) is 0 Å². The Labute approximate surface area is 151 Å². The molecule has 2 fully saturated rings. The first-order valence-electron chi connectivity index (χ1n) is 9.31. The summed E-state index contributed by atoms with van der Waals surface area (Å²) in [5, 5.41) is 8.77. The molecule has 0 radical (unpaired) electrons. The van der Waals surface area contributed by atoms with Gasteiger partial charge in [-0.2, -0.15) is 10.1 Å². The van der Waals surface area contributed by atoms with Crippen molar-refractivity contribution < 1.29 is 14.1 Å². The monoisotopic (exact) mass is 357 g/mol. The Bertz CT molecular complexity index is 860. The minimum absolute atomic E-state index is 0.156. The van der Waals surface area contributed by atoms with Crippen LogP contribution in [-0.2, 0) is 29.7 Å². The molecule has 26 heavy (non-hydrogen) atoms. The predicted molar refractivity (Wildman–Crippen MR) is 90.9 cm³/mol. The summed E-state index contributed by atoms with van der Waals surface area (Å²) in [6.07, 6.45) is 3.81. The van der Waals surface area contributed by atoms with E-state index in [1.54, 1.807) is 0 Å². The van der Waals surface area contributed by atoms with Gasteiger partial charge in [-0.25, -0.2) is 0 Å². The second kappa shape index (κ2) is 5.64. The minimum Gasteiger partial charge on any atom is -0.381 e. The molecule has 0 spiro atoms. The van der Waals surface area contributed by atoms with E-state index in [0.717, 1.165) is 56.0 Å². The fourth-order valence-corrected chi connectivity index (χ4v) is 3.95. The number of carbonyl (C=O) groups is 1. The van der Waals surface area contributed by atoms with E-state index in [1.165, 1.54) is 0 Å². The van der Waals surface area contributed by atoms with Gasteiger partial charge in [0, 0.05) is 37.2 Å². The van der Waals surface area contributed by atoms with Crippen molar-refractivity contribution in [3.63, 3.8) is 0 Å². The average molecular weight is 357 g/mol. The Morgan fingerprint density at radius 3 is 2.73 bits per heavy atom. The molecule has 4 heterocycles. The van der Waals surface area contributed by atoms with Gasteiger partial charge >= 0.3 is 0 Å². The smallest absolute Gasteiger partial charge is 0.278 e. The molecule has 1 saturated heterocycles. The van der Waals surface area contributed by atoms with Crippen LogP contribution in [0.2, 0.25) is 0 Å². The fourth-order valence-electron chi connectivity index (χ4n) is 3.95. The predicted octanol–water partition coefficient (Wildman–Crippen LogP) is 2.01. The maximum absolute atomic E-state index is 12.7. The normalized spacial score (nSPS) is 21.8. The van der Waals surface area contributed by atoms with Crippen LogP contribution in [0.1, 0.15) is 55.6 Å². The van der Waals surface area contributed by atoms with Gasteiger partial charge in [-0.3, -0.25) is 9.48 Å². The maximum Gasteiger partial charge on any atom is 0.278 e. The van der Waals surface area contributed by atoms with Crippen LogP contribution >= 0.6 is 0 Å². The number of fused-ring (bicyclic) bond motifs is 1.